The van der Waals surface area contributed by atoms with Crippen LogP contribution < -0.4 is 5.32 Å². The number of unbranched alkanes of at least 4 members (excludes halogenated alkanes) is 12. The van der Waals surface area contributed by atoms with E-state index in [-0.39, 0.29) is 31.7 Å². The Bertz CT molecular complexity index is 983. The van der Waals surface area contributed by atoms with Gasteiger partial charge in [-0.3, -0.25) is 23.2 Å². The first-order valence-electron chi connectivity index (χ1n) is 17.2. The second kappa shape index (κ2) is 24.2. The minimum absolute atomic E-state index is 0.0211. The summed E-state index contributed by atoms with van der Waals surface area (Å²) >= 11 is 0. The van der Waals surface area contributed by atoms with Crippen LogP contribution in [0.2, 0.25) is 0 Å². The zero-order valence-electron chi connectivity index (χ0n) is 28.3. The highest BCUT2D eigenvalue weighted by atomic mass is 31.2. The molecule has 284 valence electrons. The maximum atomic E-state index is 12.7. The molecule has 18 heteroatoms. The quantitative estimate of drug-likeness (QED) is 0.0342. The lowest BCUT2D eigenvalue weighted by Crippen LogP contribution is -2.64. The van der Waals surface area contributed by atoms with Crippen molar-refractivity contribution >= 4 is 27.5 Å². The second-order valence-electron chi connectivity index (χ2n) is 12.4. The third-order valence-corrected chi connectivity index (χ3v) is 9.54. The van der Waals surface area contributed by atoms with Gasteiger partial charge in [0.25, 0.3) is 0 Å². The van der Waals surface area contributed by atoms with Gasteiger partial charge < -0.3 is 45.2 Å². The highest BCUT2D eigenvalue weighted by Crippen LogP contribution is 2.48. The Kier molecular flexibility index (Phi) is 22.7. The molecule has 8 atom stereocenters. The molecule has 1 aliphatic rings. The number of phosphoric ester groups is 2. The van der Waals surface area contributed by atoms with Crippen LogP contribution in [0, 0.1) is 0 Å². The highest BCUT2D eigenvalue weighted by Gasteiger charge is 2.54. The fourth-order valence-corrected chi connectivity index (χ4v) is 6.89. The van der Waals surface area contributed by atoms with Gasteiger partial charge in [0.1, 0.15) is 42.7 Å². The Morgan fingerprint density at radius 1 is 0.667 bits per heavy atom. The van der Waals surface area contributed by atoms with Crippen LogP contribution in [-0.4, -0.2) is 103 Å². The van der Waals surface area contributed by atoms with Crippen LogP contribution in [-0.2, 0) is 37.0 Å². The van der Waals surface area contributed by atoms with E-state index in [1.54, 1.807) is 0 Å². The normalized spacial score (nSPS) is 24.9. The Morgan fingerprint density at radius 3 is 1.58 bits per heavy atom. The molecular weight excluding hydrogens is 676 g/mol. The molecule has 0 heterocycles. The Balaban J connectivity index is 2.58. The molecule has 8 N–H and O–H groups in total. The van der Waals surface area contributed by atoms with Gasteiger partial charge in [-0.2, -0.15) is 0 Å². The number of esters is 1. The zero-order valence-corrected chi connectivity index (χ0v) is 30.1. The van der Waals surface area contributed by atoms with Crippen LogP contribution in [0.15, 0.2) is 0 Å². The summed E-state index contributed by atoms with van der Waals surface area (Å²) in [6.45, 7) is 3.42. The summed E-state index contributed by atoms with van der Waals surface area (Å²) in [5.41, 5.74) is 0. The van der Waals surface area contributed by atoms with Gasteiger partial charge in [0.05, 0.1) is 6.61 Å². The third kappa shape index (κ3) is 19.4. The predicted octanol–water partition coefficient (Wildman–Crippen LogP) is 3.12. The van der Waals surface area contributed by atoms with Crippen LogP contribution in [0.3, 0.4) is 0 Å². The zero-order chi connectivity index (χ0) is 36.2. The monoisotopic (exact) mass is 735 g/mol. The lowest BCUT2D eigenvalue weighted by atomic mass is 9.85. The molecule has 0 radical (unpaired) electrons. The number of rotatable bonds is 27. The molecule has 16 nitrogen and oxygen atoms in total. The van der Waals surface area contributed by atoms with Crippen molar-refractivity contribution in [3.63, 3.8) is 0 Å². The number of phosphoric acid groups is 2. The van der Waals surface area contributed by atoms with E-state index in [0.717, 1.165) is 25.7 Å². The van der Waals surface area contributed by atoms with E-state index in [2.05, 4.69) is 16.8 Å². The molecule has 1 amide bonds. The fraction of sp³-hybridized carbons (Fsp3) is 0.933. The molecule has 0 aromatic rings. The number of carbonyl (C=O) groups is 2. The van der Waals surface area contributed by atoms with E-state index in [0.29, 0.717) is 12.8 Å². The van der Waals surface area contributed by atoms with Gasteiger partial charge in [0.2, 0.25) is 5.91 Å². The molecule has 1 aliphatic carbocycles. The van der Waals surface area contributed by atoms with E-state index in [4.69, 9.17) is 23.6 Å². The van der Waals surface area contributed by atoms with Gasteiger partial charge in [-0.25, -0.2) is 9.13 Å². The summed E-state index contributed by atoms with van der Waals surface area (Å²) in [6.07, 6.45) is 1.51. The van der Waals surface area contributed by atoms with E-state index in [1.165, 1.54) is 51.4 Å². The average Bonchev–Trinajstić information content (AvgIpc) is 3.01. The van der Waals surface area contributed by atoms with Crippen LogP contribution in [0.25, 0.3) is 0 Å². The van der Waals surface area contributed by atoms with Gasteiger partial charge in [0.15, 0.2) is 0 Å². The van der Waals surface area contributed by atoms with Crippen molar-refractivity contribution in [3.8, 4) is 0 Å². The van der Waals surface area contributed by atoms with Crippen molar-refractivity contribution in [1.29, 1.82) is 0 Å². The van der Waals surface area contributed by atoms with Crippen molar-refractivity contribution in [1.82, 2.24) is 5.32 Å². The number of hydrogen-bond donors (Lipinski definition) is 8. The molecule has 0 aliphatic heterocycles. The summed E-state index contributed by atoms with van der Waals surface area (Å²) < 4.78 is 43.3. The Labute approximate surface area is 283 Å². The van der Waals surface area contributed by atoms with Crippen LogP contribution in [0.4, 0.5) is 0 Å². The van der Waals surface area contributed by atoms with Gasteiger partial charge >= 0.3 is 21.6 Å². The summed E-state index contributed by atoms with van der Waals surface area (Å²) in [4.78, 5) is 52.7. The molecule has 0 aromatic heterocycles. The molecule has 4 unspecified atom stereocenters. The van der Waals surface area contributed by atoms with E-state index >= 15 is 0 Å². The molecule has 0 aromatic carbocycles. The van der Waals surface area contributed by atoms with Crippen molar-refractivity contribution in [2.45, 2.75) is 166 Å². The molecule has 0 spiro atoms. The first-order chi connectivity index (χ1) is 22.6. The molecule has 1 rings (SSSR count). The number of aliphatic hydroxyl groups excluding tert-OH is 4. The van der Waals surface area contributed by atoms with E-state index in [9.17, 15) is 44.0 Å². The van der Waals surface area contributed by atoms with Crippen LogP contribution in [0.5, 0.6) is 0 Å². The van der Waals surface area contributed by atoms with Crippen LogP contribution >= 0.6 is 15.6 Å². The fourth-order valence-electron chi connectivity index (χ4n) is 5.35. The largest absolute Gasteiger partial charge is 0.472 e. The van der Waals surface area contributed by atoms with Gasteiger partial charge in [0, 0.05) is 25.8 Å². The number of ether oxygens (including phenoxy) is 1. The SMILES string of the molecule is CCCCCCCCCCCCCCCC(=O)O[C@H](CCNC(=O)CCC)COP(=O)(O)OC1C(O)[C@@H](O)C(OP(=O)(O)O)[C@@H](O)[C@H]1O. The minimum Gasteiger partial charge on any atom is -0.460 e. The van der Waals surface area contributed by atoms with Crippen molar-refractivity contribution < 1.29 is 72.1 Å². The first kappa shape index (κ1) is 45.0. The second-order valence-corrected chi connectivity index (χ2v) is 14.9. The van der Waals surface area contributed by atoms with Crippen molar-refractivity contribution in [2.75, 3.05) is 13.2 Å². The standard InChI is InChI=1S/C30H59NO15P2/c1-3-5-6-7-8-9-10-11-12-13-14-15-16-18-24(33)44-22(19-20-31-23(32)17-4-2)21-43-48(41,42)46-30-27(36)25(34)29(26(35)28(30)37)45-47(38,39)40/h22,25-30,34-37H,3-21H2,1-2H3,(H,31,32)(H,41,42)(H2,38,39,40)/t22-,25-,26+,27?,28-,29?,30?/m1/s1. The molecule has 48 heavy (non-hydrogen) atoms. The maximum Gasteiger partial charge on any atom is 0.472 e. The third-order valence-electron chi connectivity index (χ3n) is 8.03. The number of nitrogens with one attached hydrogen (secondary N) is 1. The summed E-state index contributed by atoms with van der Waals surface area (Å²) in [5.74, 6) is -0.800. The Hall–Kier alpha value is -1.00. The smallest absolute Gasteiger partial charge is 0.460 e. The lowest BCUT2D eigenvalue weighted by Gasteiger charge is -2.43. The number of amides is 1. The summed E-state index contributed by atoms with van der Waals surface area (Å²) in [5, 5.41) is 43.6. The van der Waals surface area contributed by atoms with Crippen LogP contribution in [0.1, 0.15) is 123 Å². The highest BCUT2D eigenvalue weighted by molar-refractivity contribution is 7.47. The lowest BCUT2D eigenvalue weighted by molar-refractivity contribution is -0.216. The topological polar surface area (TPSA) is 259 Å². The molecule has 0 saturated heterocycles. The Morgan fingerprint density at radius 2 is 1.12 bits per heavy atom. The van der Waals surface area contributed by atoms with E-state index in [1.807, 2.05) is 6.92 Å². The summed E-state index contributed by atoms with van der Waals surface area (Å²) in [7, 11) is -10.5. The number of hydrogen-bond acceptors (Lipinski definition) is 12. The molecular formula is C30H59NO15P2. The first-order valence-corrected chi connectivity index (χ1v) is 20.2. The van der Waals surface area contributed by atoms with Gasteiger partial charge in [-0.15, -0.1) is 0 Å². The molecule has 0 bridgehead atoms. The number of carbonyl (C=O) groups excluding carboxylic acids is 2. The van der Waals surface area contributed by atoms with E-state index < -0.39 is 70.9 Å². The van der Waals surface area contributed by atoms with Gasteiger partial charge in [-0.1, -0.05) is 90.9 Å². The van der Waals surface area contributed by atoms with Crippen molar-refractivity contribution in [3.05, 3.63) is 0 Å². The average molecular weight is 736 g/mol. The molecule has 1 fully saturated rings. The van der Waals surface area contributed by atoms with Crippen molar-refractivity contribution in [2.24, 2.45) is 0 Å². The maximum absolute atomic E-state index is 12.7. The predicted molar refractivity (Wildman–Crippen MR) is 174 cm³/mol. The van der Waals surface area contributed by atoms with Gasteiger partial charge in [-0.05, 0) is 12.8 Å². The molecule has 1 saturated carbocycles. The summed E-state index contributed by atoms with van der Waals surface area (Å²) in [6, 6.07) is 0. The number of aliphatic hydroxyl groups is 4. The minimum atomic E-state index is -5.28.